The Balaban J connectivity index is 2.37. The number of pyridine rings is 1. The second-order valence-corrected chi connectivity index (χ2v) is 4.60. The largest absolute Gasteiger partial charge is 0.506 e. The Hall–Kier alpha value is -2.96. The molecular weight excluding hydrogens is 274 g/mol. The van der Waals surface area contributed by atoms with Gasteiger partial charge in [-0.2, -0.15) is 0 Å². The third-order valence-electron chi connectivity index (χ3n) is 3.04. The molecule has 0 unspecified atom stereocenters. The Morgan fingerprint density at radius 2 is 1.90 bits per heavy atom. The second-order valence-electron chi connectivity index (χ2n) is 4.60. The molecule has 0 saturated carbocycles. The van der Waals surface area contributed by atoms with Gasteiger partial charge in [0.2, 0.25) is 0 Å². The Kier molecular flexibility index (Phi) is 3.84. The zero-order valence-electron chi connectivity index (χ0n) is 11.5. The molecule has 2 rings (SSSR count). The lowest BCUT2D eigenvalue weighted by Gasteiger charge is -2.09. The van der Waals surface area contributed by atoms with E-state index in [1.54, 1.807) is 19.9 Å². The van der Waals surface area contributed by atoms with E-state index in [4.69, 9.17) is 0 Å². The SMILES string of the molecule is Cc1cc(NC(=O)c2cncc(O)c2)c([N+](=O)[O-])cc1C. The van der Waals surface area contributed by atoms with Crippen LogP contribution >= 0.6 is 0 Å². The fourth-order valence-corrected chi connectivity index (χ4v) is 1.80. The molecule has 0 aliphatic heterocycles. The van der Waals surface area contributed by atoms with E-state index in [0.717, 1.165) is 11.1 Å². The molecule has 2 aromatic rings. The van der Waals surface area contributed by atoms with Crippen molar-refractivity contribution in [3.8, 4) is 5.75 Å². The van der Waals surface area contributed by atoms with Gasteiger partial charge in [0.15, 0.2) is 0 Å². The van der Waals surface area contributed by atoms with Crippen molar-refractivity contribution in [1.29, 1.82) is 0 Å². The minimum atomic E-state index is -0.579. The van der Waals surface area contributed by atoms with Crippen molar-refractivity contribution >= 4 is 17.3 Å². The predicted molar refractivity (Wildman–Crippen MR) is 76.4 cm³/mol. The summed E-state index contributed by atoms with van der Waals surface area (Å²) in [6, 6.07) is 4.18. The highest BCUT2D eigenvalue weighted by Crippen LogP contribution is 2.28. The van der Waals surface area contributed by atoms with Crippen LogP contribution in [0.3, 0.4) is 0 Å². The van der Waals surface area contributed by atoms with E-state index in [9.17, 15) is 20.0 Å². The van der Waals surface area contributed by atoms with E-state index in [0.29, 0.717) is 0 Å². The molecule has 1 aromatic carbocycles. The van der Waals surface area contributed by atoms with Gasteiger partial charge in [0, 0.05) is 12.3 Å². The van der Waals surface area contributed by atoms with Crippen molar-refractivity contribution in [2.24, 2.45) is 0 Å². The molecule has 0 saturated heterocycles. The monoisotopic (exact) mass is 287 g/mol. The number of hydrogen-bond acceptors (Lipinski definition) is 5. The van der Waals surface area contributed by atoms with Gasteiger partial charge in [0.1, 0.15) is 11.4 Å². The van der Waals surface area contributed by atoms with Gasteiger partial charge in [0.25, 0.3) is 11.6 Å². The third kappa shape index (κ3) is 3.14. The number of aromatic hydroxyl groups is 1. The minimum absolute atomic E-state index is 0.108. The van der Waals surface area contributed by atoms with Gasteiger partial charge in [-0.05, 0) is 37.1 Å². The smallest absolute Gasteiger partial charge is 0.293 e. The lowest BCUT2D eigenvalue weighted by atomic mass is 10.1. The van der Waals surface area contributed by atoms with Crippen molar-refractivity contribution < 1.29 is 14.8 Å². The maximum atomic E-state index is 12.1. The van der Waals surface area contributed by atoms with E-state index in [-0.39, 0.29) is 22.7 Å². The van der Waals surface area contributed by atoms with E-state index in [1.165, 1.54) is 24.5 Å². The number of nitro groups is 1. The predicted octanol–water partition coefficient (Wildman–Crippen LogP) is 2.56. The van der Waals surface area contributed by atoms with Gasteiger partial charge in [-0.1, -0.05) is 0 Å². The van der Waals surface area contributed by atoms with Crippen molar-refractivity contribution in [3.63, 3.8) is 0 Å². The Morgan fingerprint density at radius 1 is 1.24 bits per heavy atom. The van der Waals surface area contributed by atoms with Crippen molar-refractivity contribution in [1.82, 2.24) is 4.98 Å². The highest BCUT2D eigenvalue weighted by Gasteiger charge is 2.18. The summed E-state index contributed by atoms with van der Waals surface area (Å²) in [7, 11) is 0. The number of nitrogens with zero attached hydrogens (tertiary/aromatic N) is 2. The number of aryl methyl sites for hydroxylation is 2. The van der Waals surface area contributed by atoms with Crippen LogP contribution in [0.15, 0.2) is 30.6 Å². The molecular formula is C14H13N3O4. The van der Waals surface area contributed by atoms with E-state index >= 15 is 0 Å². The molecule has 0 spiro atoms. The Bertz CT molecular complexity index is 728. The number of benzene rings is 1. The summed E-state index contributed by atoms with van der Waals surface area (Å²) in [6.07, 6.45) is 2.46. The first-order chi connectivity index (χ1) is 9.88. The Morgan fingerprint density at radius 3 is 2.52 bits per heavy atom. The molecule has 0 fully saturated rings. The summed E-state index contributed by atoms with van der Waals surface area (Å²) in [6.45, 7) is 3.55. The van der Waals surface area contributed by atoms with Crippen LogP contribution in [0, 0.1) is 24.0 Å². The van der Waals surface area contributed by atoms with Crippen LogP contribution in [-0.2, 0) is 0 Å². The third-order valence-corrected chi connectivity index (χ3v) is 3.04. The van der Waals surface area contributed by atoms with Gasteiger partial charge >= 0.3 is 0 Å². The molecule has 0 aliphatic carbocycles. The number of rotatable bonds is 3. The molecule has 108 valence electrons. The van der Waals surface area contributed by atoms with Crippen LogP contribution in [0.25, 0.3) is 0 Å². The van der Waals surface area contributed by atoms with Crippen molar-refractivity contribution in [2.75, 3.05) is 5.32 Å². The number of anilines is 1. The molecule has 0 bridgehead atoms. The number of nitrogens with one attached hydrogen (secondary N) is 1. The maximum Gasteiger partial charge on any atom is 0.293 e. The molecule has 1 aromatic heterocycles. The molecule has 7 heteroatoms. The highest BCUT2D eigenvalue weighted by molar-refractivity contribution is 6.05. The molecule has 2 N–H and O–H groups in total. The lowest BCUT2D eigenvalue weighted by molar-refractivity contribution is -0.384. The van der Waals surface area contributed by atoms with E-state index in [1.807, 2.05) is 0 Å². The first kappa shape index (κ1) is 14.4. The van der Waals surface area contributed by atoms with Gasteiger partial charge in [-0.25, -0.2) is 0 Å². The van der Waals surface area contributed by atoms with Gasteiger partial charge < -0.3 is 10.4 Å². The molecule has 0 atom stereocenters. The minimum Gasteiger partial charge on any atom is -0.506 e. The van der Waals surface area contributed by atoms with E-state index in [2.05, 4.69) is 10.3 Å². The fraction of sp³-hybridized carbons (Fsp3) is 0.143. The number of carbonyl (C=O) groups excluding carboxylic acids is 1. The molecule has 0 aliphatic rings. The summed E-state index contributed by atoms with van der Waals surface area (Å²) < 4.78 is 0. The van der Waals surface area contributed by atoms with Crippen LogP contribution in [0.4, 0.5) is 11.4 Å². The lowest BCUT2D eigenvalue weighted by Crippen LogP contribution is -2.13. The summed E-state index contributed by atoms with van der Waals surface area (Å²) in [5, 5.41) is 22.8. The van der Waals surface area contributed by atoms with Gasteiger partial charge in [-0.15, -0.1) is 0 Å². The summed E-state index contributed by atoms with van der Waals surface area (Å²) in [4.78, 5) is 26.3. The van der Waals surface area contributed by atoms with Crippen LogP contribution in [-0.4, -0.2) is 20.9 Å². The number of carbonyl (C=O) groups is 1. The highest BCUT2D eigenvalue weighted by atomic mass is 16.6. The number of hydrogen-bond donors (Lipinski definition) is 2. The van der Waals surface area contributed by atoms with Crippen LogP contribution in [0.1, 0.15) is 21.5 Å². The number of nitro benzene ring substituents is 1. The van der Waals surface area contributed by atoms with Crippen molar-refractivity contribution in [2.45, 2.75) is 13.8 Å². The van der Waals surface area contributed by atoms with Crippen LogP contribution in [0.5, 0.6) is 5.75 Å². The zero-order chi connectivity index (χ0) is 15.6. The standard InChI is InChI=1S/C14H13N3O4/c1-8-3-12(13(17(20)21)4-9(8)2)16-14(19)10-5-11(18)7-15-6-10/h3-7,18H,1-2H3,(H,16,19). The molecule has 1 amide bonds. The normalized spacial score (nSPS) is 10.2. The molecule has 21 heavy (non-hydrogen) atoms. The van der Waals surface area contributed by atoms with Gasteiger partial charge in [-0.3, -0.25) is 19.9 Å². The van der Waals surface area contributed by atoms with Gasteiger partial charge in [0.05, 0.1) is 16.7 Å². The molecule has 1 heterocycles. The first-order valence-corrected chi connectivity index (χ1v) is 6.09. The molecule has 0 radical (unpaired) electrons. The summed E-state index contributed by atoms with van der Waals surface area (Å²) in [5.41, 5.74) is 1.63. The van der Waals surface area contributed by atoms with Crippen LogP contribution < -0.4 is 5.32 Å². The first-order valence-electron chi connectivity index (χ1n) is 6.09. The fourth-order valence-electron chi connectivity index (χ4n) is 1.80. The summed E-state index contributed by atoms with van der Waals surface area (Å²) in [5.74, 6) is -0.734. The second kappa shape index (κ2) is 5.58. The van der Waals surface area contributed by atoms with Crippen LogP contribution in [0.2, 0.25) is 0 Å². The zero-order valence-corrected chi connectivity index (χ0v) is 11.5. The quantitative estimate of drug-likeness (QED) is 0.666. The average Bonchev–Trinajstić information content (AvgIpc) is 2.42. The maximum absolute atomic E-state index is 12.1. The number of amides is 1. The van der Waals surface area contributed by atoms with Crippen molar-refractivity contribution in [3.05, 3.63) is 57.4 Å². The topological polar surface area (TPSA) is 105 Å². The number of aromatic nitrogens is 1. The van der Waals surface area contributed by atoms with E-state index < -0.39 is 10.8 Å². The molecule has 7 nitrogen and oxygen atoms in total. The summed E-state index contributed by atoms with van der Waals surface area (Å²) >= 11 is 0. The Labute approximate surface area is 120 Å². The average molecular weight is 287 g/mol.